The summed E-state index contributed by atoms with van der Waals surface area (Å²) < 4.78 is 15.3. The van der Waals surface area contributed by atoms with Gasteiger partial charge < -0.3 is 5.11 Å². The lowest BCUT2D eigenvalue weighted by atomic mass is 9.75. The van der Waals surface area contributed by atoms with E-state index in [9.17, 15) is 14.3 Å². The SMILES string of the molecule is Cc1cc(C2=NCc3ccc(C(=O)C[C@H]4CCC[C@@](O)(Cn5cc6cc(F)ccc6n5)C4)cc32)ccn1. The molecule has 0 radical (unpaired) electrons. The van der Waals surface area contributed by atoms with Gasteiger partial charge in [-0.2, -0.15) is 5.10 Å². The number of ketones is 1. The number of aliphatic imine (C=N–C) groups is 1. The molecule has 188 valence electrons. The summed E-state index contributed by atoms with van der Waals surface area (Å²) in [5.74, 6) is -0.115. The molecule has 0 saturated heterocycles. The summed E-state index contributed by atoms with van der Waals surface area (Å²) in [6.45, 7) is 2.91. The molecule has 4 aromatic rings. The normalized spacial score (nSPS) is 21.2. The number of aliphatic hydroxyl groups is 1. The van der Waals surface area contributed by atoms with Crippen molar-refractivity contribution in [1.29, 1.82) is 0 Å². The molecule has 6 nitrogen and oxygen atoms in total. The molecule has 0 spiro atoms. The molecule has 37 heavy (non-hydrogen) atoms. The average molecular weight is 497 g/mol. The lowest BCUT2D eigenvalue weighted by Crippen LogP contribution is -2.40. The molecule has 1 fully saturated rings. The highest BCUT2D eigenvalue weighted by Crippen LogP contribution is 2.36. The Labute approximate surface area is 214 Å². The second-order valence-electron chi connectivity index (χ2n) is 10.6. The Bertz CT molecular complexity index is 1540. The molecule has 0 bridgehead atoms. The highest BCUT2D eigenvalue weighted by molar-refractivity contribution is 6.16. The third-order valence-electron chi connectivity index (χ3n) is 7.63. The summed E-state index contributed by atoms with van der Waals surface area (Å²) in [7, 11) is 0. The Balaban J connectivity index is 1.16. The molecule has 2 atom stereocenters. The van der Waals surface area contributed by atoms with Gasteiger partial charge in [0.05, 0.1) is 29.9 Å². The number of fused-ring (bicyclic) bond motifs is 2. The maximum atomic E-state index is 13.6. The van der Waals surface area contributed by atoms with Crippen molar-refractivity contribution in [3.63, 3.8) is 0 Å². The van der Waals surface area contributed by atoms with E-state index >= 15 is 0 Å². The van der Waals surface area contributed by atoms with Gasteiger partial charge in [0.25, 0.3) is 0 Å². The van der Waals surface area contributed by atoms with Crippen molar-refractivity contribution in [2.75, 3.05) is 0 Å². The van der Waals surface area contributed by atoms with Crippen LogP contribution in [0.15, 0.2) is 65.9 Å². The van der Waals surface area contributed by atoms with Crippen LogP contribution < -0.4 is 0 Å². The molecule has 0 amide bonds. The van der Waals surface area contributed by atoms with E-state index in [1.54, 1.807) is 23.1 Å². The number of carbonyl (C=O) groups is 1. The molecule has 2 aromatic heterocycles. The monoisotopic (exact) mass is 496 g/mol. The van der Waals surface area contributed by atoms with Crippen LogP contribution in [-0.2, 0) is 13.1 Å². The fourth-order valence-electron chi connectivity index (χ4n) is 5.89. The van der Waals surface area contributed by atoms with E-state index in [4.69, 9.17) is 4.99 Å². The zero-order valence-electron chi connectivity index (χ0n) is 20.8. The van der Waals surface area contributed by atoms with Gasteiger partial charge in [-0.15, -0.1) is 0 Å². The second-order valence-corrected chi connectivity index (χ2v) is 10.6. The molecule has 1 N–H and O–H groups in total. The number of halogens is 1. The standard InChI is InChI=1S/C30H29FN4O2/c1-19-11-22(8-10-32-19)29-26-14-21(4-5-23(26)16-33-29)28(36)12-20-3-2-9-30(37,15-20)18-35-17-24-13-25(31)6-7-27(24)34-35/h4-8,10-11,13-14,17,20,37H,2-3,9,12,15-16,18H2,1H3/t20-,30+/m1/s1. The topological polar surface area (TPSA) is 80.4 Å². The highest BCUT2D eigenvalue weighted by Gasteiger charge is 2.36. The summed E-state index contributed by atoms with van der Waals surface area (Å²) in [6, 6.07) is 14.4. The van der Waals surface area contributed by atoms with E-state index in [0.29, 0.717) is 48.8 Å². The fraction of sp³-hybridized carbons (Fsp3) is 0.333. The predicted octanol–water partition coefficient (Wildman–Crippen LogP) is 5.42. The van der Waals surface area contributed by atoms with Gasteiger partial charge in [-0.3, -0.25) is 19.5 Å². The Hall–Kier alpha value is -3.71. The van der Waals surface area contributed by atoms with Crippen LogP contribution in [0.5, 0.6) is 0 Å². The zero-order chi connectivity index (χ0) is 25.6. The molecule has 1 aliphatic heterocycles. The third kappa shape index (κ3) is 4.83. The molecule has 1 saturated carbocycles. The number of hydrogen-bond donors (Lipinski definition) is 1. The van der Waals surface area contributed by atoms with E-state index in [1.807, 2.05) is 37.3 Å². The van der Waals surface area contributed by atoms with Crippen LogP contribution in [0.2, 0.25) is 0 Å². The predicted molar refractivity (Wildman–Crippen MR) is 140 cm³/mol. The average Bonchev–Trinajstić information content (AvgIpc) is 3.46. The van der Waals surface area contributed by atoms with Crippen molar-refractivity contribution in [2.45, 2.75) is 57.7 Å². The maximum Gasteiger partial charge on any atom is 0.163 e. The number of pyridine rings is 1. The summed E-state index contributed by atoms with van der Waals surface area (Å²) >= 11 is 0. The highest BCUT2D eigenvalue weighted by atomic mass is 19.1. The Morgan fingerprint density at radius 2 is 2.08 bits per heavy atom. The van der Waals surface area contributed by atoms with Crippen LogP contribution >= 0.6 is 0 Å². The van der Waals surface area contributed by atoms with Crippen molar-refractivity contribution < 1.29 is 14.3 Å². The lowest BCUT2D eigenvalue weighted by Gasteiger charge is -2.36. The number of rotatable bonds is 6. The summed E-state index contributed by atoms with van der Waals surface area (Å²) in [4.78, 5) is 22.4. The van der Waals surface area contributed by atoms with E-state index in [1.165, 1.54) is 12.1 Å². The first-order valence-electron chi connectivity index (χ1n) is 12.8. The molecule has 7 heteroatoms. The number of Topliss-reactive ketones (excluding diaryl/α,β-unsaturated/α-hetero) is 1. The largest absolute Gasteiger partial charge is 0.388 e. The van der Waals surface area contributed by atoms with Gasteiger partial charge in [-0.1, -0.05) is 18.6 Å². The molecule has 1 aliphatic carbocycles. The summed E-state index contributed by atoms with van der Waals surface area (Å²) in [5, 5.41) is 16.6. The first-order valence-corrected chi connectivity index (χ1v) is 12.8. The molecule has 2 aromatic carbocycles. The smallest absolute Gasteiger partial charge is 0.163 e. The van der Waals surface area contributed by atoms with Gasteiger partial charge in [0.15, 0.2) is 5.78 Å². The summed E-state index contributed by atoms with van der Waals surface area (Å²) in [5.41, 5.74) is 5.44. The third-order valence-corrected chi connectivity index (χ3v) is 7.63. The quantitative estimate of drug-likeness (QED) is 0.361. The summed E-state index contributed by atoms with van der Waals surface area (Å²) in [6.07, 6.45) is 6.92. The number of hydrogen-bond acceptors (Lipinski definition) is 5. The Morgan fingerprint density at radius 3 is 2.95 bits per heavy atom. The Morgan fingerprint density at radius 1 is 1.19 bits per heavy atom. The second kappa shape index (κ2) is 9.30. The van der Waals surface area contributed by atoms with Crippen LogP contribution in [-0.4, -0.2) is 37.0 Å². The van der Waals surface area contributed by atoms with Gasteiger partial charge in [-0.25, -0.2) is 4.39 Å². The lowest BCUT2D eigenvalue weighted by molar-refractivity contribution is -0.0325. The van der Waals surface area contributed by atoms with Crippen molar-refractivity contribution in [3.8, 4) is 0 Å². The van der Waals surface area contributed by atoms with Gasteiger partial charge in [-0.05, 0) is 74.1 Å². The first kappa shape index (κ1) is 23.7. The molecule has 2 aliphatic rings. The number of aromatic nitrogens is 3. The number of aryl methyl sites for hydroxylation is 1. The van der Waals surface area contributed by atoms with Crippen molar-refractivity contribution >= 4 is 22.4 Å². The van der Waals surface area contributed by atoms with Crippen LogP contribution in [0, 0.1) is 18.7 Å². The van der Waals surface area contributed by atoms with Gasteiger partial charge in [0.2, 0.25) is 0 Å². The molecule has 0 unspecified atom stereocenters. The minimum atomic E-state index is -0.944. The maximum absolute atomic E-state index is 13.6. The van der Waals surface area contributed by atoms with E-state index in [2.05, 4.69) is 10.1 Å². The minimum absolute atomic E-state index is 0.0921. The van der Waals surface area contributed by atoms with Gasteiger partial charge in [0, 0.05) is 46.6 Å². The number of nitrogens with zero attached hydrogens (tertiary/aromatic N) is 4. The van der Waals surface area contributed by atoms with Crippen molar-refractivity contribution in [1.82, 2.24) is 14.8 Å². The zero-order valence-corrected chi connectivity index (χ0v) is 20.8. The fourth-order valence-corrected chi connectivity index (χ4v) is 5.89. The first-order chi connectivity index (χ1) is 17.8. The molecular formula is C30H29FN4O2. The van der Waals surface area contributed by atoms with Gasteiger partial charge >= 0.3 is 0 Å². The van der Waals surface area contributed by atoms with Crippen molar-refractivity contribution in [3.05, 3.63) is 94.7 Å². The van der Waals surface area contributed by atoms with E-state index in [-0.39, 0.29) is 17.5 Å². The van der Waals surface area contributed by atoms with E-state index < -0.39 is 5.60 Å². The van der Waals surface area contributed by atoms with Crippen LogP contribution in [0.25, 0.3) is 10.9 Å². The van der Waals surface area contributed by atoms with Crippen molar-refractivity contribution in [2.24, 2.45) is 10.9 Å². The number of carbonyl (C=O) groups excluding carboxylic acids is 1. The molecule has 3 heterocycles. The van der Waals surface area contributed by atoms with E-state index in [0.717, 1.165) is 40.9 Å². The van der Waals surface area contributed by atoms with Crippen LogP contribution in [0.4, 0.5) is 4.39 Å². The molecular weight excluding hydrogens is 467 g/mol. The Kier molecular flexibility index (Phi) is 5.95. The van der Waals surface area contributed by atoms with Gasteiger partial charge in [0.1, 0.15) is 5.82 Å². The minimum Gasteiger partial charge on any atom is -0.388 e. The molecule has 6 rings (SSSR count). The van der Waals surface area contributed by atoms with Crippen LogP contribution in [0.1, 0.15) is 64.8 Å². The number of benzene rings is 2. The van der Waals surface area contributed by atoms with Crippen LogP contribution in [0.3, 0.4) is 0 Å².